The number of Topliss-reactive ketones (excluding diaryl/α,β-unsaturated/α-hetero) is 1. The minimum atomic E-state index is -0.229. The van der Waals surface area contributed by atoms with Gasteiger partial charge < -0.3 is 9.80 Å². The predicted molar refractivity (Wildman–Crippen MR) is 115 cm³/mol. The van der Waals surface area contributed by atoms with Gasteiger partial charge in [-0.3, -0.25) is 4.79 Å². The first-order valence-corrected chi connectivity index (χ1v) is 10.7. The third-order valence-electron chi connectivity index (χ3n) is 7.49. The first-order chi connectivity index (χ1) is 12.6. The van der Waals surface area contributed by atoms with Crippen LogP contribution in [0.2, 0.25) is 0 Å². The topological polar surface area (TPSA) is 23.6 Å². The van der Waals surface area contributed by atoms with Crippen molar-refractivity contribution >= 4 is 23.9 Å². The van der Waals surface area contributed by atoms with Crippen LogP contribution in [0, 0.1) is 11.8 Å². The summed E-state index contributed by atoms with van der Waals surface area (Å²) >= 11 is 0. The van der Waals surface area contributed by atoms with Crippen molar-refractivity contribution in [3.8, 4) is 0 Å². The highest BCUT2D eigenvalue weighted by Crippen LogP contribution is 2.41. The minimum Gasteiger partial charge on any atom is -0.358 e. The van der Waals surface area contributed by atoms with Gasteiger partial charge in [-0.1, -0.05) is 32.0 Å². The Morgan fingerprint density at radius 1 is 0.963 bits per heavy atom. The Labute approximate surface area is 170 Å². The molecule has 1 aromatic rings. The zero-order valence-electron chi connectivity index (χ0n) is 16.9. The quantitative estimate of drug-likeness (QED) is 0.730. The molecule has 0 unspecified atom stereocenters. The Kier molecular flexibility index (Phi) is 6.53. The molecule has 2 aliphatic heterocycles. The second kappa shape index (κ2) is 8.53. The van der Waals surface area contributed by atoms with Gasteiger partial charge in [0.25, 0.3) is 0 Å². The lowest BCUT2D eigenvalue weighted by molar-refractivity contribution is -0.123. The molecule has 1 spiro atoms. The largest absolute Gasteiger partial charge is 0.358 e. The summed E-state index contributed by atoms with van der Waals surface area (Å²) < 4.78 is 0. The maximum atomic E-state index is 12.9. The van der Waals surface area contributed by atoms with Crippen molar-refractivity contribution in [3.05, 3.63) is 30.3 Å². The van der Waals surface area contributed by atoms with Crippen molar-refractivity contribution in [2.24, 2.45) is 11.8 Å². The van der Waals surface area contributed by atoms with Gasteiger partial charge in [-0.25, -0.2) is 0 Å². The fourth-order valence-corrected chi connectivity index (χ4v) is 5.74. The third kappa shape index (κ3) is 3.91. The second-order valence-corrected chi connectivity index (χ2v) is 9.04. The van der Waals surface area contributed by atoms with Gasteiger partial charge in [0.15, 0.2) is 5.78 Å². The van der Waals surface area contributed by atoms with E-state index in [-0.39, 0.29) is 17.9 Å². The molecule has 3 fully saturated rings. The summed E-state index contributed by atoms with van der Waals surface area (Å²) in [5.74, 6) is 2.23. The highest BCUT2D eigenvalue weighted by molar-refractivity contribution is 5.95. The molecule has 0 radical (unpaired) electrons. The molecule has 1 aliphatic carbocycles. The van der Waals surface area contributed by atoms with Crippen molar-refractivity contribution in [3.63, 3.8) is 0 Å². The highest BCUT2D eigenvalue weighted by Gasteiger charge is 2.50. The van der Waals surface area contributed by atoms with E-state index in [0.717, 1.165) is 50.4 Å². The molecule has 3 nitrogen and oxygen atoms in total. The third-order valence-corrected chi connectivity index (χ3v) is 7.49. The average Bonchev–Trinajstić information content (AvgIpc) is 2.99. The Morgan fingerprint density at radius 3 is 2.19 bits per heavy atom. The van der Waals surface area contributed by atoms with Gasteiger partial charge in [0.05, 0.1) is 0 Å². The van der Waals surface area contributed by atoms with Crippen LogP contribution < -0.4 is 4.90 Å². The molecule has 0 bridgehead atoms. The number of benzene rings is 1. The van der Waals surface area contributed by atoms with Crippen molar-refractivity contribution in [2.75, 3.05) is 24.5 Å². The first kappa shape index (κ1) is 20.7. The fraction of sp³-hybridized carbons (Fsp3) is 0.696. The Bertz CT molecular complexity index is 617. The Balaban J connectivity index is 0.00000210. The number of rotatable bonds is 3. The zero-order valence-corrected chi connectivity index (χ0v) is 17.7. The maximum Gasteiger partial charge on any atom is 0.160 e. The van der Waals surface area contributed by atoms with Crippen molar-refractivity contribution in [1.82, 2.24) is 4.90 Å². The minimum absolute atomic E-state index is 0. The number of ketones is 1. The van der Waals surface area contributed by atoms with Gasteiger partial charge in [-0.2, -0.15) is 0 Å². The summed E-state index contributed by atoms with van der Waals surface area (Å²) in [5.41, 5.74) is 0.997. The molecule has 0 atom stereocenters. The maximum absolute atomic E-state index is 12.9. The zero-order chi connectivity index (χ0) is 18.1. The molecule has 0 aromatic heterocycles. The summed E-state index contributed by atoms with van der Waals surface area (Å²) in [6.45, 7) is 7.82. The Hall–Kier alpha value is -1.06. The van der Waals surface area contributed by atoms with E-state index in [4.69, 9.17) is 0 Å². The summed E-state index contributed by atoms with van der Waals surface area (Å²) in [6, 6.07) is 11.3. The molecule has 0 amide bonds. The number of carbonyl (C=O) groups excluding carboxylic acids is 1. The van der Waals surface area contributed by atoms with Crippen LogP contribution in [0.15, 0.2) is 30.3 Å². The molecule has 1 saturated carbocycles. The van der Waals surface area contributed by atoms with Gasteiger partial charge in [0.1, 0.15) is 5.54 Å². The molecule has 4 rings (SSSR count). The average molecular weight is 391 g/mol. The standard InChI is InChI=1S/C23H34N2O.ClH/c1-18(2)19-8-10-20(11-9-19)24-16-13-23(14-17-24)22(26)12-15-25(23)21-6-4-3-5-7-21;/h3-7,18-20H,8-17H2,1-2H3;1H. The van der Waals surface area contributed by atoms with Crippen molar-refractivity contribution in [1.29, 1.82) is 0 Å². The molecule has 3 aliphatic rings. The summed E-state index contributed by atoms with van der Waals surface area (Å²) in [6.07, 6.45) is 8.21. The molecule has 2 heterocycles. The molecule has 4 heteroatoms. The smallest absolute Gasteiger partial charge is 0.160 e. The number of hydrogen-bond acceptors (Lipinski definition) is 3. The van der Waals surface area contributed by atoms with Gasteiger partial charge >= 0.3 is 0 Å². The van der Waals surface area contributed by atoms with E-state index in [1.807, 2.05) is 0 Å². The molecule has 2 saturated heterocycles. The summed E-state index contributed by atoms with van der Waals surface area (Å²) in [4.78, 5) is 18.0. The molecular formula is C23H35ClN2O. The first-order valence-electron chi connectivity index (χ1n) is 10.7. The van der Waals surface area contributed by atoms with E-state index in [1.54, 1.807) is 0 Å². The lowest BCUT2D eigenvalue weighted by Crippen LogP contribution is -2.57. The normalized spacial score (nSPS) is 28.6. The molecular weight excluding hydrogens is 356 g/mol. The second-order valence-electron chi connectivity index (χ2n) is 9.04. The van der Waals surface area contributed by atoms with Crippen molar-refractivity contribution < 1.29 is 4.79 Å². The molecule has 150 valence electrons. The highest BCUT2D eigenvalue weighted by atomic mass is 35.5. The molecule has 0 N–H and O–H groups in total. The Morgan fingerprint density at radius 2 is 1.59 bits per heavy atom. The predicted octanol–water partition coefficient (Wildman–Crippen LogP) is 4.94. The van der Waals surface area contributed by atoms with Gasteiger partial charge in [0.2, 0.25) is 0 Å². The van der Waals surface area contributed by atoms with Crippen LogP contribution in [0.5, 0.6) is 0 Å². The van der Waals surface area contributed by atoms with Crippen molar-refractivity contribution in [2.45, 2.75) is 70.4 Å². The summed E-state index contributed by atoms with van der Waals surface area (Å²) in [5, 5.41) is 0. The van der Waals surface area contributed by atoms with Crippen LogP contribution in [0.4, 0.5) is 5.69 Å². The summed E-state index contributed by atoms with van der Waals surface area (Å²) in [7, 11) is 0. The van der Waals surface area contributed by atoms with Crippen LogP contribution in [0.25, 0.3) is 0 Å². The van der Waals surface area contributed by atoms with E-state index in [9.17, 15) is 4.79 Å². The number of anilines is 1. The number of likely N-dealkylation sites (tertiary alicyclic amines) is 1. The van der Waals surface area contributed by atoms with Gasteiger partial charge in [0, 0.05) is 37.8 Å². The fourth-order valence-electron chi connectivity index (χ4n) is 5.74. The number of carbonyl (C=O) groups is 1. The van der Waals surface area contributed by atoms with Gasteiger partial charge in [-0.05, 0) is 62.5 Å². The lowest BCUT2D eigenvalue weighted by Gasteiger charge is -2.48. The number of para-hydroxylation sites is 1. The van der Waals surface area contributed by atoms with E-state index in [2.05, 4.69) is 54.0 Å². The van der Waals surface area contributed by atoms with E-state index in [0.29, 0.717) is 12.2 Å². The lowest BCUT2D eigenvalue weighted by atomic mass is 9.77. The van der Waals surface area contributed by atoms with Gasteiger partial charge in [-0.15, -0.1) is 12.4 Å². The van der Waals surface area contributed by atoms with E-state index >= 15 is 0 Å². The molecule has 1 aromatic carbocycles. The van der Waals surface area contributed by atoms with Crippen LogP contribution in [-0.2, 0) is 4.79 Å². The van der Waals surface area contributed by atoms with E-state index in [1.165, 1.54) is 31.4 Å². The number of halogens is 1. The van der Waals surface area contributed by atoms with Crippen LogP contribution in [0.1, 0.15) is 58.8 Å². The number of piperidine rings is 1. The molecule has 27 heavy (non-hydrogen) atoms. The van der Waals surface area contributed by atoms with Crippen LogP contribution in [0.3, 0.4) is 0 Å². The SMILES string of the molecule is CC(C)C1CCC(N2CCC3(CC2)C(=O)CCN3c2ccccc2)CC1.Cl. The number of nitrogens with zero attached hydrogens (tertiary/aromatic N) is 2. The van der Waals surface area contributed by atoms with E-state index < -0.39 is 0 Å². The van der Waals surface area contributed by atoms with Crippen LogP contribution in [-0.4, -0.2) is 41.9 Å². The van der Waals surface area contributed by atoms with Crippen LogP contribution >= 0.6 is 12.4 Å². The number of hydrogen-bond donors (Lipinski definition) is 0. The monoisotopic (exact) mass is 390 g/mol.